The van der Waals surface area contributed by atoms with Gasteiger partial charge in [-0.1, -0.05) is 0 Å². The molecule has 2 rings (SSSR count). The normalized spacial score (nSPS) is 23.5. The molecular formula is C11H19N5. The number of hydrogen-bond donors (Lipinski definition) is 1. The molecule has 16 heavy (non-hydrogen) atoms. The van der Waals surface area contributed by atoms with E-state index in [1.165, 1.54) is 0 Å². The molecule has 0 aromatic carbocycles. The highest BCUT2D eigenvalue weighted by molar-refractivity contribution is 5.30. The summed E-state index contributed by atoms with van der Waals surface area (Å²) in [5, 5.41) is 0. The van der Waals surface area contributed by atoms with E-state index in [9.17, 15) is 0 Å². The van der Waals surface area contributed by atoms with Crippen LogP contribution in [0.1, 0.15) is 5.82 Å². The summed E-state index contributed by atoms with van der Waals surface area (Å²) in [4.78, 5) is 13.2. The van der Waals surface area contributed by atoms with Crippen LogP contribution in [-0.4, -0.2) is 59.5 Å². The summed E-state index contributed by atoms with van der Waals surface area (Å²) in [7, 11) is 4.32. The Morgan fingerprint density at radius 2 is 2.00 bits per heavy atom. The summed E-state index contributed by atoms with van der Waals surface area (Å²) < 4.78 is 0. The molecule has 0 aliphatic carbocycles. The first-order valence-corrected chi connectivity index (χ1v) is 5.60. The summed E-state index contributed by atoms with van der Waals surface area (Å²) in [6.07, 6.45) is 4.24. The Kier molecular flexibility index (Phi) is 3.36. The van der Waals surface area contributed by atoms with Crippen molar-refractivity contribution in [2.75, 3.05) is 39.5 Å². The Hall–Kier alpha value is -1.20. The predicted octanol–water partition coefficient (Wildman–Crippen LogP) is -0.153. The maximum Gasteiger partial charge on any atom is 0.129 e. The fraction of sp³-hybridized carbons (Fsp3) is 0.636. The average Bonchev–Trinajstić information content (AvgIpc) is 2.27. The van der Waals surface area contributed by atoms with Crippen LogP contribution >= 0.6 is 0 Å². The van der Waals surface area contributed by atoms with Crippen molar-refractivity contribution in [3.63, 3.8) is 0 Å². The first-order valence-electron chi connectivity index (χ1n) is 5.60. The molecule has 1 aromatic rings. The number of nitrogens with zero attached hydrogens (tertiary/aromatic N) is 4. The lowest BCUT2D eigenvalue weighted by molar-refractivity contribution is 0.113. The SMILES string of the molecule is CN1CCN(C)C(Cc2ncc(N)cn2)C1. The van der Waals surface area contributed by atoms with Gasteiger partial charge in [0, 0.05) is 32.1 Å². The fourth-order valence-electron chi connectivity index (χ4n) is 2.00. The lowest BCUT2D eigenvalue weighted by Gasteiger charge is -2.37. The molecule has 0 bridgehead atoms. The minimum atomic E-state index is 0.502. The van der Waals surface area contributed by atoms with Crippen molar-refractivity contribution in [3.8, 4) is 0 Å². The zero-order chi connectivity index (χ0) is 11.5. The Morgan fingerprint density at radius 1 is 1.31 bits per heavy atom. The third kappa shape index (κ3) is 2.68. The molecule has 2 N–H and O–H groups in total. The smallest absolute Gasteiger partial charge is 0.129 e. The number of likely N-dealkylation sites (N-methyl/N-ethyl adjacent to an activating group) is 2. The van der Waals surface area contributed by atoms with Crippen LogP contribution in [0.2, 0.25) is 0 Å². The van der Waals surface area contributed by atoms with Crippen molar-refractivity contribution in [1.82, 2.24) is 19.8 Å². The van der Waals surface area contributed by atoms with Crippen molar-refractivity contribution in [2.45, 2.75) is 12.5 Å². The molecule has 1 unspecified atom stereocenters. The molecule has 1 aromatic heterocycles. The minimum absolute atomic E-state index is 0.502. The van der Waals surface area contributed by atoms with E-state index in [1.807, 2.05) is 0 Å². The lowest BCUT2D eigenvalue weighted by Crippen LogP contribution is -2.50. The number of nitrogens with two attached hydrogens (primary N) is 1. The van der Waals surface area contributed by atoms with Gasteiger partial charge in [-0.15, -0.1) is 0 Å². The van der Waals surface area contributed by atoms with Gasteiger partial charge in [0.15, 0.2) is 0 Å². The topological polar surface area (TPSA) is 58.3 Å². The predicted molar refractivity (Wildman–Crippen MR) is 64.1 cm³/mol. The Bertz CT molecular complexity index is 337. The molecule has 1 saturated heterocycles. The maximum absolute atomic E-state index is 5.57. The van der Waals surface area contributed by atoms with E-state index in [0.717, 1.165) is 31.9 Å². The van der Waals surface area contributed by atoms with Gasteiger partial charge in [0.1, 0.15) is 5.82 Å². The van der Waals surface area contributed by atoms with E-state index in [2.05, 4.69) is 33.9 Å². The van der Waals surface area contributed by atoms with Crippen molar-refractivity contribution < 1.29 is 0 Å². The number of anilines is 1. The van der Waals surface area contributed by atoms with Gasteiger partial charge < -0.3 is 15.5 Å². The summed E-state index contributed by atoms with van der Waals surface area (Å²) in [5.74, 6) is 0.876. The van der Waals surface area contributed by atoms with E-state index in [-0.39, 0.29) is 0 Å². The lowest BCUT2D eigenvalue weighted by atomic mass is 10.1. The van der Waals surface area contributed by atoms with E-state index in [0.29, 0.717) is 11.7 Å². The highest BCUT2D eigenvalue weighted by Gasteiger charge is 2.22. The molecule has 5 heteroatoms. The molecular weight excluding hydrogens is 202 g/mol. The second-order valence-corrected chi connectivity index (χ2v) is 4.53. The first-order chi connectivity index (χ1) is 7.65. The zero-order valence-corrected chi connectivity index (χ0v) is 9.93. The molecule has 1 aliphatic rings. The number of aromatic nitrogens is 2. The summed E-state index contributed by atoms with van der Waals surface area (Å²) in [5.41, 5.74) is 6.19. The molecule has 1 aliphatic heterocycles. The standard InChI is InChI=1S/C11H19N5/c1-15-3-4-16(2)10(8-15)5-11-13-6-9(12)7-14-11/h6-7,10H,3-5,8,12H2,1-2H3. The van der Waals surface area contributed by atoms with Crippen molar-refractivity contribution in [2.24, 2.45) is 0 Å². The molecule has 0 saturated carbocycles. The van der Waals surface area contributed by atoms with Crippen LogP contribution in [0.25, 0.3) is 0 Å². The number of piperazine rings is 1. The van der Waals surface area contributed by atoms with Crippen LogP contribution in [0.15, 0.2) is 12.4 Å². The van der Waals surface area contributed by atoms with Crippen LogP contribution in [0.4, 0.5) is 5.69 Å². The highest BCUT2D eigenvalue weighted by Crippen LogP contribution is 2.10. The van der Waals surface area contributed by atoms with E-state index < -0.39 is 0 Å². The van der Waals surface area contributed by atoms with Gasteiger partial charge >= 0.3 is 0 Å². The molecule has 5 nitrogen and oxygen atoms in total. The Labute approximate surface area is 96.3 Å². The van der Waals surface area contributed by atoms with E-state index in [1.54, 1.807) is 12.4 Å². The van der Waals surface area contributed by atoms with E-state index >= 15 is 0 Å². The number of rotatable bonds is 2. The second-order valence-electron chi connectivity index (χ2n) is 4.53. The van der Waals surface area contributed by atoms with Crippen LogP contribution in [0.5, 0.6) is 0 Å². The molecule has 1 fully saturated rings. The number of nitrogen functional groups attached to an aromatic ring is 1. The quantitative estimate of drug-likeness (QED) is 0.752. The zero-order valence-electron chi connectivity index (χ0n) is 9.93. The maximum atomic E-state index is 5.57. The number of hydrogen-bond acceptors (Lipinski definition) is 5. The van der Waals surface area contributed by atoms with Crippen molar-refractivity contribution >= 4 is 5.69 Å². The summed E-state index contributed by atoms with van der Waals surface area (Å²) >= 11 is 0. The van der Waals surface area contributed by atoms with Gasteiger partial charge in [-0.25, -0.2) is 9.97 Å². The molecule has 88 valence electrons. The molecule has 2 heterocycles. The van der Waals surface area contributed by atoms with Crippen LogP contribution < -0.4 is 5.73 Å². The van der Waals surface area contributed by atoms with Crippen molar-refractivity contribution in [3.05, 3.63) is 18.2 Å². The van der Waals surface area contributed by atoms with Gasteiger partial charge in [0.05, 0.1) is 18.1 Å². The van der Waals surface area contributed by atoms with Crippen LogP contribution in [-0.2, 0) is 6.42 Å². The Morgan fingerprint density at radius 3 is 2.69 bits per heavy atom. The summed E-state index contributed by atoms with van der Waals surface area (Å²) in [6.45, 7) is 3.32. The van der Waals surface area contributed by atoms with E-state index in [4.69, 9.17) is 5.73 Å². The van der Waals surface area contributed by atoms with Crippen molar-refractivity contribution in [1.29, 1.82) is 0 Å². The third-order valence-corrected chi connectivity index (χ3v) is 3.12. The van der Waals surface area contributed by atoms with Gasteiger partial charge in [-0.2, -0.15) is 0 Å². The largest absolute Gasteiger partial charge is 0.396 e. The Balaban J connectivity index is 2.00. The van der Waals surface area contributed by atoms with Crippen LogP contribution in [0, 0.1) is 0 Å². The van der Waals surface area contributed by atoms with Gasteiger partial charge in [-0.05, 0) is 14.1 Å². The monoisotopic (exact) mass is 221 g/mol. The second kappa shape index (κ2) is 4.76. The third-order valence-electron chi connectivity index (χ3n) is 3.12. The molecule has 0 spiro atoms. The highest BCUT2D eigenvalue weighted by atomic mass is 15.3. The fourth-order valence-corrected chi connectivity index (χ4v) is 2.00. The minimum Gasteiger partial charge on any atom is -0.396 e. The van der Waals surface area contributed by atoms with Crippen LogP contribution in [0.3, 0.4) is 0 Å². The molecule has 0 amide bonds. The van der Waals surface area contributed by atoms with Gasteiger partial charge in [0.25, 0.3) is 0 Å². The van der Waals surface area contributed by atoms with Gasteiger partial charge in [-0.3, -0.25) is 0 Å². The van der Waals surface area contributed by atoms with Gasteiger partial charge in [0.2, 0.25) is 0 Å². The molecule has 1 atom stereocenters. The summed E-state index contributed by atoms with van der Waals surface area (Å²) in [6, 6.07) is 0.502. The first kappa shape index (κ1) is 11.3. The molecule has 0 radical (unpaired) electrons. The average molecular weight is 221 g/mol.